The Hall–Kier alpha value is -7.76. The summed E-state index contributed by atoms with van der Waals surface area (Å²) in [7, 11) is 0. The highest BCUT2D eigenvalue weighted by Crippen LogP contribution is 2.42. The molecule has 0 aliphatic carbocycles. The normalized spacial score (nSPS) is 11.9. The molecular weight excluding hydrogens is 695 g/mol. The summed E-state index contributed by atoms with van der Waals surface area (Å²) in [5, 5.41) is 7.15. The lowest BCUT2D eigenvalue weighted by Gasteiger charge is -2.14. The van der Waals surface area contributed by atoms with Crippen LogP contribution in [0.3, 0.4) is 0 Å². The fraction of sp³-hybridized carbons (Fsp3) is 0. The fourth-order valence-electron chi connectivity index (χ4n) is 8.98. The second-order valence-corrected chi connectivity index (χ2v) is 14.6. The van der Waals surface area contributed by atoms with E-state index in [4.69, 9.17) is 9.97 Å². The Labute approximate surface area is 328 Å². The first-order chi connectivity index (χ1) is 28.3. The van der Waals surface area contributed by atoms with Gasteiger partial charge in [0, 0.05) is 60.9 Å². The van der Waals surface area contributed by atoms with Gasteiger partial charge in [0.2, 0.25) is 0 Å². The summed E-state index contributed by atoms with van der Waals surface area (Å²) >= 11 is 0. The van der Waals surface area contributed by atoms with Crippen molar-refractivity contribution in [3.8, 4) is 39.8 Å². The van der Waals surface area contributed by atoms with Crippen molar-refractivity contribution in [2.75, 3.05) is 0 Å². The summed E-state index contributed by atoms with van der Waals surface area (Å²) in [5.74, 6) is 1.49. The van der Waals surface area contributed by atoms with Gasteiger partial charge in [-0.15, -0.1) is 0 Å². The van der Waals surface area contributed by atoms with Crippen molar-refractivity contribution in [3.05, 3.63) is 200 Å². The Morgan fingerprint density at radius 2 is 0.772 bits per heavy atom. The highest BCUT2D eigenvalue weighted by atomic mass is 15.1. The standard InChI is InChI=1S/C52H33N5/c1-4-16-34(17-5-1)52-53-44(35-28-31-48-43(32-35)40-24-12-13-25-45(40)55(48)36-18-6-2-7-19-36)33-49(54-52)57-47-27-15-11-23-39(47)42-30-29-41-38-22-10-14-26-46(38)56(50(41)51(42)57)37-20-8-3-9-21-37/h1-33H. The van der Waals surface area contributed by atoms with Gasteiger partial charge in [0.25, 0.3) is 0 Å². The first-order valence-corrected chi connectivity index (χ1v) is 19.3. The summed E-state index contributed by atoms with van der Waals surface area (Å²) in [6.07, 6.45) is 0. The van der Waals surface area contributed by atoms with Crippen LogP contribution in [0.1, 0.15) is 0 Å². The summed E-state index contributed by atoms with van der Waals surface area (Å²) in [5.41, 5.74) is 12.0. The zero-order chi connectivity index (χ0) is 37.5. The molecule has 0 spiro atoms. The Morgan fingerprint density at radius 1 is 0.298 bits per heavy atom. The number of nitrogens with zero attached hydrogens (tertiary/aromatic N) is 5. The Balaban J connectivity index is 1.18. The maximum Gasteiger partial charge on any atom is 0.162 e. The van der Waals surface area contributed by atoms with Crippen LogP contribution in [0, 0.1) is 0 Å². The number of benzene rings is 8. The highest BCUT2D eigenvalue weighted by Gasteiger charge is 2.23. The monoisotopic (exact) mass is 727 g/mol. The first-order valence-electron chi connectivity index (χ1n) is 19.3. The van der Waals surface area contributed by atoms with Gasteiger partial charge in [-0.2, -0.15) is 0 Å². The number of fused-ring (bicyclic) bond motifs is 10. The Bertz CT molecular complexity index is 3500. The van der Waals surface area contributed by atoms with Gasteiger partial charge in [0.15, 0.2) is 5.82 Å². The van der Waals surface area contributed by atoms with Crippen LogP contribution in [-0.2, 0) is 0 Å². The molecule has 4 aromatic heterocycles. The van der Waals surface area contributed by atoms with Crippen molar-refractivity contribution in [2.45, 2.75) is 0 Å². The van der Waals surface area contributed by atoms with E-state index in [1.165, 1.54) is 43.4 Å². The van der Waals surface area contributed by atoms with Crippen molar-refractivity contribution < 1.29 is 0 Å². The predicted octanol–water partition coefficient (Wildman–Crippen LogP) is 13.1. The van der Waals surface area contributed by atoms with Crippen LogP contribution >= 0.6 is 0 Å². The van der Waals surface area contributed by atoms with E-state index in [9.17, 15) is 0 Å². The molecule has 0 radical (unpaired) electrons. The molecule has 4 heterocycles. The Morgan fingerprint density at radius 3 is 1.40 bits per heavy atom. The van der Waals surface area contributed by atoms with Gasteiger partial charge in [-0.25, -0.2) is 9.97 Å². The molecule has 0 aliphatic rings. The van der Waals surface area contributed by atoms with Gasteiger partial charge in [0.1, 0.15) is 5.82 Å². The maximum absolute atomic E-state index is 5.43. The quantitative estimate of drug-likeness (QED) is 0.177. The molecule has 5 heteroatoms. The average Bonchev–Trinajstić information content (AvgIpc) is 3.93. The minimum absolute atomic E-state index is 0.677. The summed E-state index contributed by atoms with van der Waals surface area (Å²) in [4.78, 5) is 10.8. The highest BCUT2D eigenvalue weighted by molar-refractivity contribution is 6.23. The molecule has 266 valence electrons. The van der Waals surface area contributed by atoms with Gasteiger partial charge in [-0.05, 0) is 54.6 Å². The number of rotatable bonds is 5. The number of hydrogen-bond acceptors (Lipinski definition) is 2. The average molecular weight is 728 g/mol. The van der Waals surface area contributed by atoms with E-state index in [1.54, 1.807) is 0 Å². The summed E-state index contributed by atoms with van der Waals surface area (Å²) in [6.45, 7) is 0. The van der Waals surface area contributed by atoms with Crippen molar-refractivity contribution in [1.82, 2.24) is 23.7 Å². The molecule has 0 N–H and O–H groups in total. The molecule has 0 saturated carbocycles. The summed E-state index contributed by atoms with van der Waals surface area (Å²) in [6, 6.07) is 71.2. The third-order valence-corrected chi connectivity index (χ3v) is 11.4. The lowest BCUT2D eigenvalue weighted by atomic mass is 10.1. The van der Waals surface area contributed by atoms with Crippen molar-refractivity contribution >= 4 is 65.4 Å². The van der Waals surface area contributed by atoms with E-state index in [0.29, 0.717) is 5.82 Å². The maximum atomic E-state index is 5.43. The van der Waals surface area contributed by atoms with E-state index in [2.05, 4.69) is 208 Å². The second kappa shape index (κ2) is 12.4. The molecular formula is C52H33N5. The minimum Gasteiger partial charge on any atom is -0.309 e. The molecule has 0 amide bonds. The van der Waals surface area contributed by atoms with Gasteiger partial charge < -0.3 is 9.13 Å². The molecule has 8 aromatic carbocycles. The third kappa shape index (κ3) is 4.76. The molecule has 0 bridgehead atoms. The zero-order valence-electron chi connectivity index (χ0n) is 30.8. The predicted molar refractivity (Wildman–Crippen MR) is 236 cm³/mol. The molecule has 5 nitrogen and oxygen atoms in total. The van der Waals surface area contributed by atoms with Crippen molar-refractivity contribution in [1.29, 1.82) is 0 Å². The van der Waals surface area contributed by atoms with Crippen LogP contribution in [0.15, 0.2) is 200 Å². The molecule has 0 saturated heterocycles. The second-order valence-electron chi connectivity index (χ2n) is 14.6. The Kier molecular flexibility index (Phi) is 6.86. The lowest BCUT2D eigenvalue weighted by Crippen LogP contribution is -2.04. The van der Waals surface area contributed by atoms with E-state index >= 15 is 0 Å². The van der Waals surface area contributed by atoms with Gasteiger partial charge >= 0.3 is 0 Å². The van der Waals surface area contributed by atoms with Crippen LogP contribution < -0.4 is 0 Å². The SMILES string of the molecule is c1ccc(-c2nc(-c3ccc4c(c3)c3ccccc3n4-c3ccccc3)cc(-n3c4ccccc4c4ccc5c6ccccc6n(-c6ccccc6)c5c43)n2)cc1. The van der Waals surface area contributed by atoms with Gasteiger partial charge in [0.05, 0.1) is 38.8 Å². The van der Waals surface area contributed by atoms with Crippen LogP contribution in [0.4, 0.5) is 0 Å². The van der Waals surface area contributed by atoms with Crippen LogP contribution in [0.2, 0.25) is 0 Å². The summed E-state index contributed by atoms with van der Waals surface area (Å²) < 4.78 is 7.13. The number of aromatic nitrogens is 5. The molecule has 12 aromatic rings. The van der Waals surface area contributed by atoms with Gasteiger partial charge in [-0.3, -0.25) is 4.57 Å². The fourth-order valence-corrected chi connectivity index (χ4v) is 8.98. The molecule has 0 atom stereocenters. The first kappa shape index (κ1) is 31.6. The molecule has 57 heavy (non-hydrogen) atoms. The minimum atomic E-state index is 0.677. The van der Waals surface area contributed by atoms with Crippen molar-refractivity contribution in [2.24, 2.45) is 0 Å². The molecule has 12 rings (SSSR count). The van der Waals surface area contributed by atoms with Crippen LogP contribution in [0.25, 0.3) is 105 Å². The zero-order valence-corrected chi connectivity index (χ0v) is 30.8. The van der Waals surface area contributed by atoms with E-state index in [1.807, 2.05) is 6.07 Å². The van der Waals surface area contributed by atoms with Crippen LogP contribution in [-0.4, -0.2) is 23.7 Å². The third-order valence-electron chi connectivity index (χ3n) is 11.4. The number of hydrogen-bond donors (Lipinski definition) is 0. The molecule has 0 unspecified atom stereocenters. The number of para-hydroxylation sites is 5. The lowest BCUT2D eigenvalue weighted by molar-refractivity contribution is 1.05. The van der Waals surface area contributed by atoms with E-state index in [-0.39, 0.29) is 0 Å². The molecule has 0 aliphatic heterocycles. The smallest absolute Gasteiger partial charge is 0.162 e. The van der Waals surface area contributed by atoms with Crippen LogP contribution in [0.5, 0.6) is 0 Å². The van der Waals surface area contributed by atoms with E-state index in [0.717, 1.165) is 56.1 Å². The van der Waals surface area contributed by atoms with Gasteiger partial charge in [-0.1, -0.05) is 140 Å². The van der Waals surface area contributed by atoms with Crippen molar-refractivity contribution in [3.63, 3.8) is 0 Å². The van der Waals surface area contributed by atoms with E-state index < -0.39 is 0 Å². The largest absolute Gasteiger partial charge is 0.309 e. The topological polar surface area (TPSA) is 40.6 Å². The molecule has 0 fully saturated rings.